The van der Waals surface area contributed by atoms with Gasteiger partial charge in [-0.3, -0.25) is 0 Å². The molecule has 0 aliphatic carbocycles. The zero-order valence-electron chi connectivity index (χ0n) is 11.1. The second-order valence-electron chi connectivity index (χ2n) is 4.69. The largest absolute Gasteiger partial charge is 0.379 e. The van der Waals surface area contributed by atoms with Crippen LogP contribution in [-0.2, 0) is 13.1 Å². The number of anilines is 1. The number of benzene rings is 1. The van der Waals surface area contributed by atoms with Crippen molar-refractivity contribution in [3.63, 3.8) is 0 Å². The number of hydrogen-bond donors (Lipinski definition) is 1. The molecule has 96 valence electrons. The summed E-state index contributed by atoms with van der Waals surface area (Å²) in [6.45, 7) is 3.79. The fourth-order valence-electron chi connectivity index (χ4n) is 1.64. The first-order chi connectivity index (χ1) is 8.63. The Labute approximate surface area is 112 Å². The molecule has 3 nitrogen and oxygen atoms in total. The summed E-state index contributed by atoms with van der Waals surface area (Å²) in [5.41, 5.74) is 3.53. The van der Waals surface area contributed by atoms with Crippen molar-refractivity contribution in [2.24, 2.45) is 0 Å². The topological polar surface area (TPSA) is 28.2 Å². The molecule has 4 heteroatoms. The lowest BCUT2D eigenvalue weighted by molar-refractivity contribution is 0.401. The molecule has 0 saturated heterocycles. The SMILES string of the molecule is Cc1ccc(NCc2csc(CN(C)C)n2)cc1. The molecular weight excluding hydrogens is 242 g/mol. The van der Waals surface area contributed by atoms with Gasteiger partial charge in [-0.15, -0.1) is 11.3 Å². The molecule has 1 aromatic heterocycles. The maximum absolute atomic E-state index is 4.60. The molecule has 0 amide bonds. The first kappa shape index (κ1) is 13.1. The first-order valence-corrected chi connectivity index (χ1v) is 6.90. The molecule has 1 aromatic carbocycles. The Balaban J connectivity index is 1.90. The number of hydrogen-bond acceptors (Lipinski definition) is 4. The van der Waals surface area contributed by atoms with Crippen LogP contribution in [0, 0.1) is 6.92 Å². The third kappa shape index (κ3) is 3.82. The van der Waals surface area contributed by atoms with E-state index in [1.54, 1.807) is 11.3 Å². The number of nitrogens with one attached hydrogen (secondary N) is 1. The maximum Gasteiger partial charge on any atom is 0.107 e. The number of aryl methyl sites for hydroxylation is 1. The van der Waals surface area contributed by atoms with Crippen LogP contribution in [0.2, 0.25) is 0 Å². The van der Waals surface area contributed by atoms with Crippen LogP contribution in [0.3, 0.4) is 0 Å². The van der Waals surface area contributed by atoms with Gasteiger partial charge < -0.3 is 10.2 Å². The van der Waals surface area contributed by atoms with Crippen LogP contribution in [0.4, 0.5) is 5.69 Å². The van der Waals surface area contributed by atoms with Crippen molar-refractivity contribution in [1.82, 2.24) is 9.88 Å². The van der Waals surface area contributed by atoms with Gasteiger partial charge in [-0.05, 0) is 33.2 Å². The molecular formula is C14H19N3S. The minimum Gasteiger partial charge on any atom is -0.379 e. The van der Waals surface area contributed by atoms with Gasteiger partial charge in [0, 0.05) is 17.6 Å². The second-order valence-corrected chi connectivity index (χ2v) is 5.63. The molecule has 0 spiro atoms. The van der Waals surface area contributed by atoms with Gasteiger partial charge in [-0.1, -0.05) is 17.7 Å². The summed E-state index contributed by atoms with van der Waals surface area (Å²) in [7, 11) is 4.12. The molecule has 0 aliphatic heterocycles. The Morgan fingerprint density at radius 3 is 2.61 bits per heavy atom. The molecule has 0 unspecified atom stereocenters. The van der Waals surface area contributed by atoms with Crippen LogP contribution < -0.4 is 5.32 Å². The van der Waals surface area contributed by atoms with E-state index in [-0.39, 0.29) is 0 Å². The minimum atomic E-state index is 0.785. The summed E-state index contributed by atoms with van der Waals surface area (Å²) in [5, 5.41) is 6.68. The standard InChI is InChI=1S/C14H19N3S/c1-11-4-6-12(7-5-11)15-8-13-10-18-14(16-13)9-17(2)3/h4-7,10,15H,8-9H2,1-3H3. The van der Waals surface area contributed by atoms with Crippen molar-refractivity contribution < 1.29 is 0 Å². The van der Waals surface area contributed by atoms with Crippen molar-refractivity contribution in [3.8, 4) is 0 Å². The van der Waals surface area contributed by atoms with Crippen molar-refractivity contribution in [3.05, 3.63) is 45.9 Å². The third-order valence-electron chi connectivity index (χ3n) is 2.58. The number of nitrogens with zero attached hydrogens (tertiary/aromatic N) is 2. The van der Waals surface area contributed by atoms with Gasteiger partial charge in [-0.2, -0.15) is 0 Å². The predicted octanol–water partition coefficient (Wildman–Crippen LogP) is 3.13. The van der Waals surface area contributed by atoms with E-state index in [2.05, 4.69) is 65.9 Å². The lowest BCUT2D eigenvalue weighted by atomic mass is 10.2. The maximum atomic E-state index is 4.60. The Kier molecular flexibility index (Phi) is 4.33. The van der Waals surface area contributed by atoms with E-state index in [1.807, 2.05) is 0 Å². The fourth-order valence-corrected chi connectivity index (χ4v) is 2.55. The number of rotatable bonds is 5. The van der Waals surface area contributed by atoms with Crippen molar-refractivity contribution in [2.75, 3.05) is 19.4 Å². The van der Waals surface area contributed by atoms with Crippen molar-refractivity contribution in [1.29, 1.82) is 0 Å². The highest BCUT2D eigenvalue weighted by molar-refractivity contribution is 7.09. The van der Waals surface area contributed by atoms with Crippen LogP contribution in [0.1, 0.15) is 16.3 Å². The van der Waals surface area contributed by atoms with E-state index in [0.717, 1.165) is 24.5 Å². The smallest absolute Gasteiger partial charge is 0.107 e. The van der Waals surface area contributed by atoms with Crippen LogP contribution in [0.15, 0.2) is 29.6 Å². The van der Waals surface area contributed by atoms with Crippen LogP contribution >= 0.6 is 11.3 Å². The molecule has 0 saturated carbocycles. The predicted molar refractivity (Wildman–Crippen MR) is 78.0 cm³/mol. The summed E-state index contributed by atoms with van der Waals surface area (Å²) in [4.78, 5) is 6.73. The summed E-state index contributed by atoms with van der Waals surface area (Å²) in [6, 6.07) is 8.42. The first-order valence-electron chi connectivity index (χ1n) is 6.02. The molecule has 1 N–H and O–H groups in total. The van der Waals surface area contributed by atoms with E-state index in [1.165, 1.54) is 10.6 Å². The van der Waals surface area contributed by atoms with E-state index in [9.17, 15) is 0 Å². The second kappa shape index (κ2) is 5.98. The van der Waals surface area contributed by atoms with Gasteiger partial charge in [0.1, 0.15) is 5.01 Å². The molecule has 0 aliphatic rings. The lowest BCUT2D eigenvalue weighted by Gasteiger charge is -2.06. The summed E-state index contributed by atoms with van der Waals surface area (Å²) >= 11 is 1.72. The zero-order chi connectivity index (χ0) is 13.0. The molecule has 0 atom stereocenters. The van der Waals surface area contributed by atoms with E-state index in [0.29, 0.717) is 0 Å². The Morgan fingerprint density at radius 1 is 1.22 bits per heavy atom. The number of thiazole rings is 1. The Hall–Kier alpha value is -1.39. The van der Waals surface area contributed by atoms with Gasteiger partial charge in [0.15, 0.2) is 0 Å². The molecule has 18 heavy (non-hydrogen) atoms. The minimum absolute atomic E-state index is 0.785. The lowest BCUT2D eigenvalue weighted by Crippen LogP contribution is -2.10. The Morgan fingerprint density at radius 2 is 1.94 bits per heavy atom. The van der Waals surface area contributed by atoms with Crippen LogP contribution in [0.25, 0.3) is 0 Å². The van der Waals surface area contributed by atoms with Gasteiger partial charge in [-0.25, -0.2) is 4.98 Å². The van der Waals surface area contributed by atoms with Crippen LogP contribution in [0.5, 0.6) is 0 Å². The summed E-state index contributed by atoms with van der Waals surface area (Å²) < 4.78 is 0. The summed E-state index contributed by atoms with van der Waals surface area (Å²) in [5.74, 6) is 0. The third-order valence-corrected chi connectivity index (χ3v) is 3.46. The van der Waals surface area contributed by atoms with Crippen LogP contribution in [-0.4, -0.2) is 24.0 Å². The molecule has 2 rings (SSSR count). The molecule has 0 bridgehead atoms. The molecule has 1 heterocycles. The van der Waals surface area contributed by atoms with Crippen molar-refractivity contribution >= 4 is 17.0 Å². The number of aromatic nitrogens is 1. The fraction of sp³-hybridized carbons (Fsp3) is 0.357. The highest BCUT2D eigenvalue weighted by atomic mass is 32.1. The average Bonchev–Trinajstić information content (AvgIpc) is 2.75. The van der Waals surface area contributed by atoms with Crippen molar-refractivity contribution in [2.45, 2.75) is 20.0 Å². The van der Waals surface area contributed by atoms with E-state index in [4.69, 9.17) is 0 Å². The van der Waals surface area contributed by atoms with E-state index >= 15 is 0 Å². The molecule has 2 aromatic rings. The zero-order valence-corrected chi connectivity index (χ0v) is 11.9. The average molecular weight is 261 g/mol. The van der Waals surface area contributed by atoms with Gasteiger partial charge in [0.25, 0.3) is 0 Å². The normalized spacial score (nSPS) is 10.9. The van der Waals surface area contributed by atoms with Gasteiger partial charge in [0.05, 0.1) is 12.2 Å². The van der Waals surface area contributed by atoms with E-state index < -0.39 is 0 Å². The summed E-state index contributed by atoms with van der Waals surface area (Å²) in [6.07, 6.45) is 0. The molecule has 0 radical (unpaired) electrons. The quantitative estimate of drug-likeness (QED) is 0.896. The molecule has 0 fully saturated rings. The van der Waals surface area contributed by atoms with Gasteiger partial charge >= 0.3 is 0 Å². The highest BCUT2D eigenvalue weighted by Crippen LogP contribution is 2.14. The van der Waals surface area contributed by atoms with Gasteiger partial charge in [0.2, 0.25) is 0 Å². The highest BCUT2D eigenvalue weighted by Gasteiger charge is 2.03. The monoisotopic (exact) mass is 261 g/mol. The Bertz CT molecular complexity index is 488.